The molecule has 1 aliphatic carbocycles. The lowest BCUT2D eigenvalue weighted by molar-refractivity contribution is 0.147. The van der Waals surface area contributed by atoms with Gasteiger partial charge in [0, 0.05) is 6.04 Å². The normalized spacial score (nSPS) is 21.0. The van der Waals surface area contributed by atoms with Crippen LogP contribution in [0.4, 0.5) is 0 Å². The van der Waals surface area contributed by atoms with E-state index in [4.69, 9.17) is 0 Å². The van der Waals surface area contributed by atoms with Gasteiger partial charge in [-0.05, 0) is 50.0 Å². The monoisotopic (exact) mass is 239 g/mol. The van der Waals surface area contributed by atoms with Crippen LogP contribution in [0.25, 0.3) is 0 Å². The molecule has 1 N–H and O–H groups in total. The molecule has 0 amide bonds. The summed E-state index contributed by atoms with van der Waals surface area (Å²) in [6, 6.07) is 0.775. The molecule has 0 aromatic carbocycles. The Hall–Kier alpha value is -0.0400. The molecule has 0 spiro atoms. The predicted octanol–water partition coefficient (Wildman–Crippen LogP) is 4.76. The maximum atomic E-state index is 3.86. The van der Waals surface area contributed by atoms with Gasteiger partial charge < -0.3 is 5.32 Å². The molecule has 1 rings (SSSR count). The van der Waals surface area contributed by atoms with Gasteiger partial charge in [0.25, 0.3) is 0 Å². The minimum Gasteiger partial charge on any atom is -0.313 e. The fourth-order valence-electron chi connectivity index (χ4n) is 3.82. The van der Waals surface area contributed by atoms with Gasteiger partial charge in [0.2, 0.25) is 0 Å². The summed E-state index contributed by atoms with van der Waals surface area (Å²) in [7, 11) is 0. The highest BCUT2D eigenvalue weighted by atomic mass is 14.9. The largest absolute Gasteiger partial charge is 0.313 e. The molecule has 1 fully saturated rings. The summed E-state index contributed by atoms with van der Waals surface area (Å²) in [6.45, 7) is 10.6. The molecule has 0 aliphatic heterocycles. The molecule has 102 valence electrons. The number of hydrogen-bond donors (Lipinski definition) is 1. The SMILES string of the molecule is CCCNC(CCC)C1(CC(C)C)CCCC1. The third-order valence-corrected chi connectivity index (χ3v) is 4.37. The van der Waals surface area contributed by atoms with Crippen molar-refractivity contribution in [2.75, 3.05) is 6.54 Å². The minimum absolute atomic E-state index is 0.624. The van der Waals surface area contributed by atoms with Gasteiger partial charge in [0.05, 0.1) is 0 Å². The summed E-state index contributed by atoms with van der Waals surface area (Å²) < 4.78 is 0. The van der Waals surface area contributed by atoms with E-state index in [9.17, 15) is 0 Å². The van der Waals surface area contributed by atoms with Crippen LogP contribution in [0.1, 0.15) is 79.1 Å². The van der Waals surface area contributed by atoms with E-state index in [1.54, 1.807) is 0 Å². The van der Waals surface area contributed by atoms with Gasteiger partial charge in [-0.2, -0.15) is 0 Å². The van der Waals surface area contributed by atoms with Gasteiger partial charge in [-0.3, -0.25) is 0 Å². The Bertz CT molecular complexity index is 192. The molecule has 0 bridgehead atoms. The molecular formula is C16H33N. The van der Waals surface area contributed by atoms with Crippen molar-refractivity contribution in [2.24, 2.45) is 11.3 Å². The quantitative estimate of drug-likeness (QED) is 0.644. The summed E-state index contributed by atoms with van der Waals surface area (Å²) >= 11 is 0. The summed E-state index contributed by atoms with van der Waals surface area (Å²) in [5.74, 6) is 0.843. The Kier molecular flexibility index (Phi) is 6.54. The fourth-order valence-corrected chi connectivity index (χ4v) is 3.82. The van der Waals surface area contributed by atoms with Gasteiger partial charge in [-0.1, -0.05) is 47.0 Å². The number of hydrogen-bond acceptors (Lipinski definition) is 1. The topological polar surface area (TPSA) is 12.0 Å². The molecule has 1 aliphatic rings. The molecule has 0 heterocycles. The minimum atomic E-state index is 0.624. The van der Waals surface area contributed by atoms with E-state index in [1.165, 1.54) is 57.9 Å². The highest BCUT2D eigenvalue weighted by molar-refractivity contribution is 4.95. The molecule has 0 aromatic rings. The van der Waals surface area contributed by atoms with Crippen LogP contribution in [-0.2, 0) is 0 Å². The maximum absolute atomic E-state index is 3.86. The van der Waals surface area contributed by atoms with Crippen molar-refractivity contribution in [2.45, 2.75) is 85.1 Å². The van der Waals surface area contributed by atoms with E-state index in [0.29, 0.717) is 5.41 Å². The third kappa shape index (κ3) is 4.28. The fraction of sp³-hybridized carbons (Fsp3) is 1.00. The average molecular weight is 239 g/mol. The molecule has 1 unspecified atom stereocenters. The zero-order valence-corrected chi connectivity index (χ0v) is 12.5. The van der Waals surface area contributed by atoms with E-state index in [-0.39, 0.29) is 0 Å². The van der Waals surface area contributed by atoms with Gasteiger partial charge in [-0.15, -0.1) is 0 Å². The summed E-state index contributed by atoms with van der Waals surface area (Å²) in [5, 5.41) is 3.86. The summed E-state index contributed by atoms with van der Waals surface area (Å²) in [4.78, 5) is 0. The molecule has 0 radical (unpaired) electrons. The lowest BCUT2D eigenvalue weighted by Crippen LogP contribution is -2.45. The Morgan fingerprint density at radius 3 is 2.18 bits per heavy atom. The van der Waals surface area contributed by atoms with E-state index in [0.717, 1.165) is 12.0 Å². The number of rotatable bonds is 8. The third-order valence-electron chi connectivity index (χ3n) is 4.37. The molecule has 1 nitrogen and oxygen atoms in total. The Morgan fingerprint density at radius 2 is 1.71 bits per heavy atom. The Balaban J connectivity index is 2.68. The lowest BCUT2D eigenvalue weighted by atomic mass is 9.71. The highest BCUT2D eigenvalue weighted by Gasteiger charge is 2.40. The second-order valence-electron chi connectivity index (χ2n) is 6.46. The molecule has 0 saturated heterocycles. The summed E-state index contributed by atoms with van der Waals surface area (Å²) in [6.07, 6.45) is 11.2. The first-order valence-corrected chi connectivity index (χ1v) is 7.88. The van der Waals surface area contributed by atoms with E-state index < -0.39 is 0 Å². The Morgan fingerprint density at radius 1 is 1.06 bits per heavy atom. The van der Waals surface area contributed by atoms with Crippen LogP contribution in [0.15, 0.2) is 0 Å². The van der Waals surface area contributed by atoms with Gasteiger partial charge in [0.1, 0.15) is 0 Å². The first-order chi connectivity index (χ1) is 8.14. The smallest absolute Gasteiger partial charge is 0.0123 e. The molecule has 1 saturated carbocycles. The zero-order chi connectivity index (χ0) is 12.7. The molecule has 0 aromatic heterocycles. The van der Waals surface area contributed by atoms with Crippen LogP contribution in [0.3, 0.4) is 0 Å². The van der Waals surface area contributed by atoms with Crippen LogP contribution in [0.5, 0.6) is 0 Å². The van der Waals surface area contributed by atoms with Crippen LogP contribution in [0.2, 0.25) is 0 Å². The van der Waals surface area contributed by atoms with Crippen molar-refractivity contribution in [1.82, 2.24) is 5.32 Å². The first-order valence-electron chi connectivity index (χ1n) is 7.88. The van der Waals surface area contributed by atoms with Gasteiger partial charge >= 0.3 is 0 Å². The standard InChI is InChI=1S/C16H33N/c1-5-9-15(17-12-6-2)16(13-14(3)4)10-7-8-11-16/h14-15,17H,5-13H2,1-4H3. The molecule has 1 atom stereocenters. The predicted molar refractivity (Wildman–Crippen MR) is 77.3 cm³/mol. The Labute approximate surface area is 109 Å². The van der Waals surface area contributed by atoms with Gasteiger partial charge in [-0.25, -0.2) is 0 Å². The van der Waals surface area contributed by atoms with Crippen LogP contribution in [-0.4, -0.2) is 12.6 Å². The zero-order valence-electron chi connectivity index (χ0n) is 12.5. The van der Waals surface area contributed by atoms with Crippen molar-refractivity contribution in [3.05, 3.63) is 0 Å². The average Bonchev–Trinajstić information content (AvgIpc) is 2.72. The van der Waals surface area contributed by atoms with Crippen molar-refractivity contribution in [1.29, 1.82) is 0 Å². The van der Waals surface area contributed by atoms with Crippen molar-refractivity contribution < 1.29 is 0 Å². The molecule has 1 heteroatoms. The van der Waals surface area contributed by atoms with Gasteiger partial charge in [0.15, 0.2) is 0 Å². The van der Waals surface area contributed by atoms with Crippen LogP contribution < -0.4 is 5.32 Å². The second-order valence-corrected chi connectivity index (χ2v) is 6.46. The summed E-state index contributed by atoms with van der Waals surface area (Å²) in [5.41, 5.74) is 0.624. The van der Waals surface area contributed by atoms with Crippen molar-refractivity contribution in [3.63, 3.8) is 0 Å². The van der Waals surface area contributed by atoms with E-state index >= 15 is 0 Å². The van der Waals surface area contributed by atoms with Crippen LogP contribution in [0, 0.1) is 11.3 Å². The van der Waals surface area contributed by atoms with E-state index in [2.05, 4.69) is 33.0 Å². The second kappa shape index (κ2) is 7.41. The van der Waals surface area contributed by atoms with E-state index in [1.807, 2.05) is 0 Å². The maximum Gasteiger partial charge on any atom is 0.0123 e. The van der Waals surface area contributed by atoms with Crippen molar-refractivity contribution in [3.8, 4) is 0 Å². The number of nitrogens with one attached hydrogen (secondary N) is 1. The molecular weight excluding hydrogens is 206 g/mol. The molecule has 17 heavy (non-hydrogen) atoms. The lowest BCUT2D eigenvalue weighted by Gasteiger charge is -2.40. The van der Waals surface area contributed by atoms with Crippen molar-refractivity contribution >= 4 is 0 Å². The van der Waals surface area contributed by atoms with Crippen LogP contribution >= 0.6 is 0 Å². The first kappa shape index (κ1) is 15.0. The highest BCUT2D eigenvalue weighted by Crippen LogP contribution is 2.47.